The second-order valence-electron chi connectivity index (χ2n) is 6.28. The number of hydrogen-bond acceptors (Lipinski definition) is 4. The van der Waals surface area contributed by atoms with Gasteiger partial charge in [0.15, 0.2) is 0 Å². The SMILES string of the molecule is COc1ccc(-n2cc(CNc3cccc(-n4nccc4C)c3)cn2)cc1. The molecule has 6 heteroatoms. The molecule has 0 fully saturated rings. The lowest BCUT2D eigenvalue weighted by atomic mass is 10.2. The van der Waals surface area contributed by atoms with Crippen molar-refractivity contribution in [2.45, 2.75) is 13.5 Å². The van der Waals surface area contributed by atoms with E-state index in [1.807, 2.05) is 77.3 Å². The van der Waals surface area contributed by atoms with Crippen molar-refractivity contribution in [3.05, 3.63) is 84.4 Å². The van der Waals surface area contributed by atoms with Gasteiger partial charge >= 0.3 is 0 Å². The van der Waals surface area contributed by atoms with Gasteiger partial charge in [-0.1, -0.05) is 6.07 Å². The summed E-state index contributed by atoms with van der Waals surface area (Å²) in [6, 6.07) is 18.0. The third kappa shape index (κ3) is 3.69. The summed E-state index contributed by atoms with van der Waals surface area (Å²) in [5.41, 5.74) is 5.29. The molecule has 2 aromatic heterocycles. The van der Waals surface area contributed by atoms with Crippen molar-refractivity contribution in [1.82, 2.24) is 19.6 Å². The average Bonchev–Trinajstić information content (AvgIpc) is 3.36. The lowest BCUT2D eigenvalue weighted by molar-refractivity contribution is 0.414. The first-order valence-corrected chi connectivity index (χ1v) is 8.76. The van der Waals surface area contributed by atoms with Crippen molar-refractivity contribution >= 4 is 5.69 Å². The van der Waals surface area contributed by atoms with Crippen LogP contribution in [0.4, 0.5) is 5.69 Å². The Kier molecular flexibility index (Phi) is 4.61. The molecule has 0 saturated heterocycles. The summed E-state index contributed by atoms with van der Waals surface area (Å²) in [4.78, 5) is 0. The van der Waals surface area contributed by atoms with Crippen molar-refractivity contribution in [3.63, 3.8) is 0 Å². The van der Waals surface area contributed by atoms with Crippen molar-refractivity contribution in [3.8, 4) is 17.1 Å². The van der Waals surface area contributed by atoms with Gasteiger partial charge in [-0.25, -0.2) is 9.36 Å². The number of nitrogens with zero attached hydrogens (tertiary/aromatic N) is 4. The van der Waals surface area contributed by atoms with Gasteiger partial charge in [0, 0.05) is 35.9 Å². The molecule has 1 N–H and O–H groups in total. The fraction of sp³-hybridized carbons (Fsp3) is 0.143. The number of benzene rings is 2. The molecule has 2 heterocycles. The second-order valence-corrected chi connectivity index (χ2v) is 6.28. The first-order valence-electron chi connectivity index (χ1n) is 8.76. The number of rotatable bonds is 6. The van der Waals surface area contributed by atoms with Gasteiger partial charge in [-0.05, 0) is 55.5 Å². The fourth-order valence-corrected chi connectivity index (χ4v) is 2.92. The summed E-state index contributed by atoms with van der Waals surface area (Å²) in [7, 11) is 1.66. The highest BCUT2D eigenvalue weighted by Crippen LogP contribution is 2.18. The minimum Gasteiger partial charge on any atom is -0.497 e. The Morgan fingerprint density at radius 2 is 1.85 bits per heavy atom. The van der Waals surface area contributed by atoms with E-state index in [1.54, 1.807) is 7.11 Å². The highest BCUT2D eigenvalue weighted by Gasteiger charge is 2.04. The Morgan fingerprint density at radius 3 is 2.59 bits per heavy atom. The zero-order valence-corrected chi connectivity index (χ0v) is 15.3. The highest BCUT2D eigenvalue weighted by molar-refractivity contribution is 5.51. The summed E-state index contributed by atoms with van der Waals surface area (Å²) in [5.74, 6) is 0.833. The molecule has 6 nitrogen and oxygen atoms in total. The van der Waals surface area contributed by atoms with E-state index in [-0.39, 0.29) is 0 Å². The Labute approximate surface area is 158 Å². The summed E-state index contributed by atoms with van der Waals surface area (Å²) >= 11 is 0. The normalized spacial score (nSPS) is 10.7. The monoisotopic (exact) mass is 359 g/mol. The summed E-state index contributed by atoms with van der Waals surface area (Å²) in [5, 5.41) is 12.3. The minimum atomic E-state index is 0.692. The molecule has 27 heavy (non-hydrogen) atoms. The van der Waals surface area contributed by atoms with Crippen molar-refractivity contribution < 1.29 is 4.74 Å². The predicted molar refractivity (Wildman–Crippen MR) is 106 cm³/mol. The smallest absolute Gasteiger partial charge is 0.119 e. The molecule has 0 aliphatic heterocycles. The lowest BCUT2D eigenvalue weighted by Crippen LogP contribution is -2.02. The largest absolute Gasteiger partial charge is 0.497 e. The van der Waals surface area contributed by atoms with E-state index in [0.29, 0.717) is 6.54 Å². The quantitative estimate of drug-likeness (QED) is 0.566. The van der Waals surface area contributed by atoms with E-state index in [1.165, 1.54) is 0 Å². The average molecular weight is 359 g/mol. The van der Waals surface area contributed by atoms with E-state index in [4.69, 9.17) is 4.74 Å². The molecular formula is C21H21N5O. The third-order valence-electron chi connectivity index (χ3n) is 4.39. The van der Waals surface area contributed by atoms with Crippen LogP contribution >= 0.6 is 0 Å². The molecule has 0 spiro atoms. The van der Waals surface area contributed by atoms with Gasteiger partial charge in [-0.15, -0.1) is 0 Å². The topological polar surface area (TPSA) is 56.9 Å². The number of hydrogen-bond donors (Lipinski definition) is 1. The number of nitrogens with one attached hydrogen (secondary N) is 1. The highest BCUT2D eigenvalue weighted by atomic mass is 16.5. The maximum absolute atomic E-state index is 5.20. The molecule has 0 radical (unpaired) electrons. The predicted octanol–water partition coefficient (Wildman–Crippen LogP) is 3.99. The molecule has 0 amide bonds. The fourth-order valence-electron chi connectivity index (χ4n) is 2.92. The van der Waals surface area contributed by atoms with Gasteiger partial charge < -0.3 is 10.1 Å². The van der Waals surface area contributed by atoms with E-state index >= 15 is 0 Å². The zero-order valence-electron chi connectivity index (χ0n) is 15.3. The van der Waals surface area contributed by atoms with E-state index in [2.05, 4.69) is 27.6 Å². The van der Waals surface area contributed by atoms with E-state index < -0.39 is 0 Å². The van der Waals surface area contributed by atoms with Crippen LogP contribution in [-0.4, -0.2) is 26.7 Å². The molecular weight excluding hydrogens is 338 g/mol. The van der Waals surface area contributed by atoms with Crippen molar-refractivity contribution in [1.29, 1.82) is 0 Å². The van der Waals surface area contributed by atoms with Crippen LogP contribution in [0.25, 0.3) is 11.4 Å². The maximum atomic E-state index is 5.20. The van der Waals surface area contributed by atoms with Crippen LogP contribution in [0.15, 0.2) is 73.2 Å². The van der Waals surface area contributed by atoms with Crippen LogP contribution in [-0.2, 0) is 6.54 Å². The van der Waals surface area contributed by atoms with Crippen LogP contribution < -0.4 is 10.1 Å². The number of aromatic nitrogens is 4. The van der Waals surface area contributed by atoms with Gasteiger partial charge in [0.05, 0.1) is 24.7 Å². The standard InChI is InChI=1S/C21H21N5O/c1-16-10-11-23-26(16)20-5-3-4-18(12-20)22-13-17-14-24-25(15-17)19-6-8-21(27-2)9-7-19/h3-12,14-15,22H,13H2,1-2H3. The number of methoxy groups -OCH3 is 1. The first kappa shape index (κ1) is 16.9. The summed E-state index contributed by atoms with van der Waals surface area (Å²) in [6.45, 7) is 2.73. The van der Waals surface area contributed by atoms with Gasteiger partial charge in [0.2, 0.25) is 0 Å². The molecule has 0 unspecified atom stereocenters. The van der Waals surface area contributed by atoms with Gasteiger partial charge in [-0.3, -0.25) is 0 Å². The molecule has 0 atom stereocenters. The molecule has 136 valence electrons. The molecule has 0 bridgehead atoms. The number of anilines is 1. The molecule has 4 rings (SSSR count). The summed E-state index contributed by atoms with van der Waals surface area (Å²) < 4.78 is 8.98. The van der Waals surface area contributed by atoms with Crippen LogP contribution in [0.2, 0.25) is 0 Å². The second kappa shape index (κ2) is 7.37. The Hall–Kier alpha value is -3.54. The third-order valence-corrected chi connectivity index (χ3v) is 4.39. The number of aryl methyl sites for hydroxylation is 1. The molecule has 4 aromatic rings. The molecule has 2 aromatic carbocycles. The van der Waals surface area contributed by atoms with Crippen molar-refractivity contribution in [2.24, 2.45) is 0 Å². The first-order chi connectivity index (χ1) is 13.2. The Morgan fingerprint density at radius 1 is 1.00 bits per heavy atom. The molecule has 0 aliphatic rings. The van der Waals surface area contributed by atoms with Gasteiger partial charge in [0.25, 0.3) is 0 Å². The minimum absolute atomic E-state index is 0.692. The van der Waals surface area contributed by atoms with Crippen LogP contribution in [0.5, 0.6) is 5.75 Å². The summed E-state index contributed by atoms with van der Waals surface area (Å²) in [6.07, 6.45) is 5.71. The van der Waals surface area contributed by atoms with Crippen LogP contribution in [0.3, 0.4) is 0 Å². The van der Waals surface area contributed by atoms with Crippen LogP contribution in [0, 0.1) is 6.92 Å². The van der Waals surface area contributed by atoms with Gasteiger partial charge in [-0.2, -0.15) is 10.2 Å². The maximum Gasteiger partial charge on any atom is 0.119 e. The molecule has 0 aliphatic carbocycles. The number of ether oxygens (including phenoxy) is 1. The zero-order chi connectivity index (χ0) is 18.6. The molecule has 0 saturated carbocycles. The Bertz CT molecular complexity index is 1030. The van der Waals surface area contributed by atoms with E-state index in [9.17, 15) is 0 Å². The van der Waals surface area contributed by atoms with E-state index in [0.717, 1.165) is 34.1 Å². The van der Waals surface area contributed by atoms with Gasteiger partial charge in [0.1, 0.15) is 5.75 Å². The van der Waals surface area contributed by atoms with Crippen LogP contribution in [0.1, 0.15) is 11.3 Å². The lowest BCUT2D eigenvalue weighted by Gasteiger charge is -2.09. The van der Waals surface area contributed by atoms with Crippen molar-refractivity contribution in [2.75, 3.05) is 12.4 Å². The Balaban J connectivity index is 1.45.